The molecule has 2 aromatic rings. The molecule has 0 aromatic carbocycles. The van der Waals surface area contributed by atoms with Crippen LogP contribution in [0.5, 0.6) is 0 Å². The van der Waals surface area contributed by atoms with Crippen molar-refractivity contribution in [2.24, 2.45) is 0 Å². The van der Waals surface area contributed by atoms with Crippen molar-refractivity contribution in [3.63, 3.8) is 0 Å². The summed E-state index contributed by atoms with van der Waals surface area (Å²) in [6.07, 6.45) is 8.59. The van der Waals surface area contributed by atoms with E-state index < -0.39 is 0 Å². The fourth-order valence-corrected chi connectivity index (χ4v) is 2.07. The lowest BCUT2D eigenvalue weighted by Gasteiger charge is -2.11. The van der Waals surface area contributed by atoms with Crippen LogP contribution < -0.4 is 5.32 Å². The molecule has 0 radical (unpaired) electrons. The Kier molecular flexibility index (Phi) is 4.73. The minimum Gasteiger partial charge on any atom is -0.345 e. The molecule has 0 fully saturated rings. The van der Waals surface area contributed by atoms with Crippen molar-refractivity contribution in [3.05, 3.63) is 36.2 Å². The normalized spacial score (nSPS) is 10.8. The third-order valence-electron chi connectivity index (χ3n) is 2.79. The van der Waals surface area contributed by atoms with Gasteiger partial charge in [0.2, 0.25) is 0 Å². The summed E-state index contributed by atoms with van der Waals surface area (Å²) in [6.45, 7) is 4.53. The quantitative estimate of drug-likeness (QED) is 0.673. The Balaban J connectivity index is 1.99. The van der Waals surface area contributed by atoms with Gasteiger partial charge in [0.05, 0.1) is 12.1 Å². The number of imidazole rings is 1. The van der Waals surface area contributed by atoms with Gasteiger partial charge in [0.25, 0.3) is 5.91 Å². The molecular formula is C13H17N5OS. The van der Waals surface area contributed by atoms with Gasteiger partial charge in [-0.25, -0.2) is 15.0 Å². The number of carbonyl (C=O) groups is 1. The Morgan fingerprint density at radius 2 is 2.05 bits per heavy atom. The van der Waals surface area contributed by atoms with Crippen molar-refractivity contribution in [1.29, 1.82) is 0 Å². The third kappa shape index (κ3) is 3.36. The first-order chi connectivity index (χ1) is 9.61. The van der Waals surface area contributed by atoms with Crippen LogP contribution in [0.1, 0.15) is 36.1 Å². The SMILES string of the molecule is CSc1ncc(C(=O)NCc2nccn2C(C)C)cn1. The summed E-state index contributed by atoms with van der Waals surface area (Å²) in [5, 5.41) is 3.47. The Hall–Kier alpha value is -1.89. The average Bonchev–Trinajstić information content (AvgIpc) is 2.93. The highest BCUT2D eigenvalue weighted by Crippen LogP contribution is 2.09. The highest BCUT2D eigenvalue weighted by Gasteiger charge is 2.10. The van der Waals surface area contributed by atoms with Crippen molar-refractivity contribution >= 4 is 17.7 Å². The highest BCUT2D eigenvalue weighted by atomic mass is 32.2. The maximum atomic E-state index is 12.0. The first kappa shape index (κ1) is 14.5. The van der Waals surface area contributed by atoms with Gasteiger partial charge in [0.15, 0.2) is 5.16 Å². The van der Waals surface area contributed by atoms with E-state index in [1.807, 2.05) is 17.0 Å². The van der Waals surface area contributed by atoms with Crippen LogP contribution in [0.15, 0.2) is 29.9 Å². The minimum atomic E-state index is -0.198. The molecule has 7 heteroatoms. The molecule has 0 bridgehead atoms. The van der Waals surface area contributed by atoms with Crippen molar-refractivity contribution in [1.82, 2.24) is 24.8 Å². The molecule has 106 valence electrons. The van der Waals surface area contributed by atoms with Crippen LogP contribution in [-0.2, 0) is 6.54 Å². The van der Waals surface area contributed by atoms with E-state index in [2.05, 4.69) is 34.1 Å². The zero-order valence-corrected chi connectivity index (χ0v) is 12.5. The number of carbonyl (C=O) groups excluding carboxylic acids is 1. The van der Waals surface area contributed by atoms with E-state index in [9.17, 15) is 4.79 Å². The van der Waals surface area contributed by atoms with Crippen LogP contribution in [-0.4, -0.2) is 31.7 Å². The fraction of sp³-hybridized carbons (Fsp3) is 0.385. The Morgan fingerprint density at radius 3 is 2.65 bits per heavy atom. The highest BCUT2D eigenvalue weighted by molar-refractivity contribution is 7.98. The van der Waals surface area contributed by atoms with Crippen LogP contribution in [0.2, 0.25) is 0 Å². The van der Waals surface area contributed by atoms with E-state index in [0.717, 1.165) is 5.82 Å². The maximum absolute atomic E-state index is 12.0. The summed E-state index contributed by atoms with van der Waals surface area (Å²) in [5.41, 5.74) is 0.449. The van der Waals surface area contributed by atoms with Crippen LogP contribution in [0.4, 0.5) is 0 Å². The van der Waals surface area contributed by atoms with E-state index in [4.69, 9.17) is 0 Å². The number of hydrogen-bond donors (Lipinski definition) is 1. The first-order valence-electron chi connectivity index (χ1n) is 6.27. The van der Waals surface area contributed by atoms with Crippen molar-refractivity contribution in [3.8, 4) is 0 Å². The van der Waals surface area contributed by atoms with Gasteiger partial charge in [-0.1, -0.05) is 11.8 Å². The molecule has 0 unspecified atom stereocenters. The van der Waals surface area contributed by atoms with Crippen molar-refractivity contribution in [2.75, 3.05) is 6.26 Å². The summed E-state index contributed by atoms with van der Waals surface area (Å²) >= 11 is 1.44. The second kappa shape index (κ2) is 6.51. The molecule has 0 saturated carbocycles. The number of rotatable bonds is 5. The van der Waals surface area contributed by atoms with Gasteiger partial charge in [-0.05, 0) is 20.1 Å². The molecule has 0 saturated heterocycles. The molecule has 2 aromatic heterocycles. The topological polar surface area (TPSA) is 72.7 Å². The van der Waals surface area contributed by atoms with Crippen LogP contribution in [0.25, 0.3) is 0 Å². The molecule has 2 heterocycles. The molecular weight excluding hydrogens is 274 g/mol. The first-order valence-corrected chi connectivity index (χ1v) is 7.50. The molecule has 0 atom stereocenters. The smallest absolute Gasteiger partial charge is 0.254 e. The molecule has 0 aliphatic carbocycles. The van der Waals surface area contributed by atoms with Gasteiger partial charge in [0, 0.05) is 30.8 Å². The summed E-state index contributed by atoms with van der Waals surface area (Å²) < 4.78 is 2.02. The van der Waals surface area contributed by atoms with E-state index in [0.29, 0.717) is 23.3 Å². The van der Waals surface area contributed by atoms with Gasteiger partial charge < -0.3 is 9.88 Å². The predicted molar refractivity (Wildman–Crippen MR) is 77.6 cm³/mol. The molecule has 2 rings (SSSR count). The van der Waals surface area contributed by atoms with Crippen LogP contribution in [0, 0.1) is 0 Å². The van der Waals surface area contributed by atoms with Crippen molar-refractivity contribution in [2.45, 2.75) is 31.6 Å². The molecule has 1 N–H and O–H groups in total. The lowest BCUT2D eigenvalue weighted by molar-refractivity contribution is 0.0948. The number of thioether (sulfide) groups is 1. The number of amides is 1. The van der Waals surface area contributed by atoms with E-state index in [-0.39, 0.29) is 5.91 Å². The Labute approximate surface area is 122 Å². The molecule has 20 heavy (non-hydrogen) atoms. The lowest BCUT2D eigenvalue weighted by Crippen LogP contribution is -2.25. The van der Waals surface area contributed by atoms with Crippen LogP contribution >= 0.6 is 11.8 Å². The van der Waals surface area contributed by atoms with E-state index in [1.165, 1.54) is 24.2 Å². The van der Waals surface area contributed by atoms with Crippen LogP contribution in [0.3, 0.4) is 0 Å². The number of aromatic nitrogens is 4. The molecule has 0 aliphatic heterocycles. The number of nitrogens with zero attached hydrogens (tertiary/aromatic N) is 4. The second-order valence-corrected chi connectivity index (χ2v) is 5.26. The fourth-order valence-electron chi connectivity index (χ4n) is 1.75. The van der Waals surface area contributed by atoms with Gasteiger partial charge in [0.1, 0.15) is 5.82 Å². The summed E-state index contributed by atoms with van der Waals surface area (Å²) in [5.74, 6) is 0.631. The molecule has 1 amide bonds. The van der Waals surface area contributed by atoms with Gasteiger partial charge in [-0.3, -0.25) is 4.79 Å². The molecule has 0 aliphatic rings. The standard InChI is InChI=1S/C13H17N5OS/c1-9(2)18-5-4-14-11(18)8-15-12(19)10-6-16-13(20-3)17-7-10/h4-7,9H,8H2,1-3H3,(H,15,19). The largest absolute Gasteiger partial charge is 0.345 e. The lowest BCUT2D eigenvalue weighted by atomic mass is 10.3. The number of hydrogen-bond acceptors (Lipinski definition) is 5. The van der Waals surface area contributed by atoms with Gasteiger partial charge in [-0.15, -0.1) is 0 Å². The van der Waals surface area contributed by atoms with E-state index >= 15 is 0 Å². The molecule has 0 spiro atoms. The third-order valence-corrected chi connectivity index (χ3v) is 3.36. The zero-order chi connectivity index (χ0) is 14.5. The zero-order valence-electron chi connectivity index (χ0n) is 11.7. The van der Waals surface area contributed by atoms with Gasteiger partial charge >= 0.3 is 0 Å². The van der Waals surface area contributed by atoms with Gasteiger partial charge in [-0.2, -0.15) is 0 Å². The second-order valence-electron chi connectivity index (χ2n) is 4.49. The molecule has 6 nitrogen and oxygen atoms in total. The van der Waals surface area contributed by atoms with E-state index in [1.54, 1.807) is 6.20 Å². The maximum Gasteiger partial charge on any atom is 0.254 e. The Morgan fingerprint density at radius 1 is 1.35 bits per heavy atom. The van der Waals surface area contributed by atoms with Crippen molar-refractivity contribution < 1.29 is 4.79 Å². The Bertz CT molecular complexity index is 579. The predicted octanol–water partition coefficient (Wildman–Crippen LogP) is 1.91. The summed E-state index contributed by atoms with van der Waals surface area (Å²) in [6, 6.07) is 0.314. The monoisotopic (exact) mass is 291 g/mol. The summed E-state index contributed by atoms with van der Waals surface area (Å²) in [7, 11) is 0. The number of nitrogens with one attached hydrogen (secondary N) is 1. The average molecular weight is 291 g/mol. The minimum absolute atomic E-state index is 0.198. The summed E-state index contributed by atoms with van der Waals surface area (Å²) in [4.78, 5) is 24.4.